The monoisotopic (exact) mass is 512 g/mol. The Balaban J connectivity index is 1.44. The Labute approximate surface area is 216 Å². The molecule has 5 rings (SSSR count). The second kappa shape index (κ2) is 10.8. The van der Waals surface area contributed by atoms with Gasteiger partial charge in [0.1, 0.15) is 0 Å². The normalized spacial score (nSPS) is 17.3. The summed E-state index contributed by atoms with van der Waals surface area (Å²) in [6.07, 6.45) is 3.04. The first-order chi connectivity index (χ1) is 19.2. The van der Waals surface area contributed by atoms with Crippen LogP contribution >= 0.6 is 0 Å². The molecule has 3 aromatic heterocycles. The van der Waals surface area contributed by atoms with Crippen LogP contribution in [0, 0.1) is 5.92 Å². The highest BCUT2D eigenvalue weighted by Crippen LogP contribution is 2.36. The SMILES string of the molecule is [2H]C([2H])([2H])NC(=O)c1nnc(NC(=O)C2CC2)cc1Nc1nccc(-c2noc(CN3CCOCC3)n2)c1OC. The van der Waals surface area contributed by atoms with E-state index in [-0.39, 0.29) is 46.4 Å². The van der Waals surface area contributed by atoms with Crippen LogP contribution in [0.3, 0.4) is 0 Å². The molecule has 14 nitrogen and oxygen atoms in total. The summed E-state index contributed by atoms with van der Waals surface area (Å²) >= 11 is 0. The van der Waals surface area contributed by atoms with Crippen LogP contribution in [0.25, 0.3) is 11.4 Å². The Morgan fingerprint density at radius 1 is 1.27 bits per heavy atom. The number of amides is 2. The summed E-state index contributed by atoms with van der Waals surface area (Å²) in [5, 5.41) is 19.3. The number of nitrogens with zero attached hydrogens (tertiary/aromatic N) is 6. The van der Waals surface area contributed by atoms with E-state index in [9.17, 15) is 9.59 Å². The average molecular weight is 513 g/mol. The average Bonchev–Trinajstić information content (AvgIpc) is 3.67. The number of anilines is 3. The van der Waals surface area contributed by atoms with E-state index in [0.717, 1.165) is 25.9 Å². The van der Waals surface area contributed by atoms with E-state index in [4.69, 9.17) is 18.1 Å². The van der Waals surface area contributed by atoms with Crippen molar-refractivity contribution >= 4 is 29.1 Å². The quantitative estimate of drug-likeness (QED) is 0.375. The molecule has 0 unspecified atom stereocenters. The van der Waals surface area contributed by atoms with Gasteiger partial charge in [-0.1, -0.05) is 5.16 Å². The Kier molecular flexibility index (Phi) is 6.14. The first-order valence-electron chi connectivity index (χ1n) is 13.1. The minimum absolute atomic E-state index is 0.0342. The van der Waals surface area contributed by atoms with E-state index < -0.39 is 12.9 Å². The van der Waals surface area contributed by atoms with Crippen molar-refractivity contribution in [3.05, 3.63) is 29.9 Å². The third-order valence-electron chi connectivity index (χ3n) is 5.86. The number of rotatable bonds is 9. The number of carbonyl (C=O) groups is 2. The molecule has 0 spiro atoms. The summed E-state index contributed by atoms with van der Waals surface area (Å²) in [6.45, 7) is 0.486. The number of morpholine rings is 1. The third kappa shape index (κ3) is 5.65. The molecule has 0 atom stereocenters. The Hall–Kier alpha value is -4.17. The zero-order valence-electron chi connectivity index (χ0n) is 23.0. The minimum atomic E-state index is -2.76. The molecule has 2 amide bonds. The van der Waals surface area contributed by atoms with Gasteiger partial charge in [-0.05, 0) is 18.9 Å². The van der Waals surface area contributed by atoms with Gasteiger partial charge in [0, 0.05) is 42.4 Å². The van der Waals surface area contributed by atoms with Crippen LogP contribution in [0.2, 0.25) is 0 Å². The number of hydrogen-bond acceptors (Lipinski definition) is 12. The fourth-order valence-corrected chi connectivity index (χ4v) is 3.78. The van der Waals surface area contributed by atoms with Crippen LogP contribution in [0.15, 0.2) is 22.9 Å². The number of pyridine rings is 1. The van der Waals surface area contributed by atoms with Crippen molar-refractivity contribution in [1.82, 2.24) is 35.5 Å². The molecular weight excluding hydrogens is 482 g/mol. The van der Waals surface area contributed by atoms with Crippen LogP contribution in [0.1, 0.15) is 33.3 Å². The topological polar surface area (TPSA) is 170 Å². The maximum absolute atomic E-state index is 12.7. The molecule has 2 fully saturated rings. The number of ether oxygens (including phenoxy) is 2. The van der Waals surface area contributed by atoms with Crippen molar-refractivity contribution in [2.75, 3.05) is 51.0 Å². The van der Waals surface area contributed by atoms with Gasteiger partial charge in [-0.25, -0.2) is 4.98 Å². The smallest absolute Gasteiger partial charge is 0.273 e. The zero-order chi connectivity index (χ0) is 28.3. The molecule has 37 heavy (non-hydrogen) atoms. The third-order valence-corrected chi connectivity index (χ3v) is 5.86. The summed E-state index contributed by atoms with van der Waals surface area (Å²) in [6, 6.07) is 3.01. The first-order valence-corrected chi connectivity index (χ1v) is 11.6. The Bertz CT molecular complexity index is 1390. The first kappa shape index (κ1) is 21.0. The van der Waals surface area contributed by atoms with Gasteiger partial charge in [0.25, 0.3) is 5.91 Å². The van der Waals surface area contributed by atoms with Crippen molar-refractivity contribution in [3.63, 3.8) is 0 Å². The number of hydrogen-bond donors (Lipinski definition) is 3. The van der Waals surface area contributed by atoms with Gasteiger partial charge in [0.2, 0.25) is 17.6 Å². The van der Waals surface area contributed by atoms with E-state index >= 15 is 0 Å². The lowest BCUT2D eigenvalue weighted by molar-refractivity contribution is -0.117. The molecule has 1 saturated carbocycles. The summed E-state index contributed by atoms with van der Waals surface area (Å²) in [7, 11) is 1.43. The van der Waals surface area contributed by atoms with E-state index in [2.05, 4.69) is 40.9 Å². The molecule has 4 heterocycles. The summed E-state index contributed by atoms with van der Waals surface area (Å²) in [5.74, 6) is -0.193. The highest BCUT2D eigenvalue weighted by Gasteiger charge is 2.30. The predicted molar refractivity (Wildman–Crippen MR) is 130 cm³/mol. The molecule has 0 radical (unpaired) electrons. The molecule has 1 saturated heterocycles. The highest BCUT2D eigenvalue weighted by molar-refractivity contribution is 5.99. The van der Waals surface area contributed by atoms with Crippen LogP contribution in [-0.2, 0) is 16.1 Å². The number of carbonyl (C=O) groups excluding carboxylic acids is 2. The molecule has 3 aromatic rings. The Morgan fingerprint density at radius 2 is 2.11 bits per heavy atom. The van der Waals surface area contributed by atoms with Gasteiger partial charge < -0.3 is 29.9 Å². The summed E-state index contributed by atoms with van der Waals surface area (Å²) < 4.78 is 38.5. The van der Waals surface area contributed by atoms with Gasteiger partial charge in [-0.15, -0.1) is 10.2 Å². The molecule has 1 aliphatic heterocycles. The maximum Gasteiger partial charge on any atom is 0.273 e. The summed E-state index contributed by atoms with van der Waals surface area (Å²) in [4.78, 5) is 35.9. The molecule has 1 aliphatic carbocycles. The van der Waals surface area contributed by atoms with E-state index in [0.29, 0.717) is 31.2 Å². The second-order valence-electron chi connectivity index (χ2n) is 8.48. The highest BCUT2D eigenvalue weighted by atomic mass is 16.5. The lowest BCUT2D eigenvalue weighted by Crippen LogP contribution is -2.35. The van der Waals surface area contributed by atoms with E-state index in [1.54, 1.807) is 6.07 Å². The predicted octanol–water partition coefficient (Wildman–Crippen LogP) is 1.21. The van der Waals surface area contributed by atoms with Gasteiger partial charge in [0.15, 0.2) is 23.1 Å². The Morgan fingerprint density at radius 3 is 2.86 bits per heavy atom. The minimum Gasteiger partial charge on any atom is -0.492 e. The maximum atomic E-state index is 12.7. The van der Waals surface area contributed by atoms with Gasteiger partial charge >= 0.3 is 0 Å². The van der Waals surface area contributed by atoms with Crippen LogP contribution in [0.5, 0.6) is 5.75 Å². The molecular formula is C23H27N9O5. The lowest BCUT2D eigenvalue weighted by Gasteiger charge is -2.24. The second-order valence-corrected chi connectivity index (χ2v) is 8.48. The summed E-state index contributed by atoms with van der Waals surface area (Å²) in [5.41, 5.74) is 0.156. The number of nitrogens with one attached hydrogen (secondary N) is 3. The van der Waals surface area contributed by atoms with Crippen LogP contribution < -0.4 is 20.7 Å². The fraction of sp³-hybridized carbons (Fsp3) is 0.435. The van der Waals surface area contributed by atoms with Gasteiger partial charge in [-0.2, -0.15) is 4.98 Å². The molecule has 2 aliphatic rings. The molecule has 3 N–H and O–H groups in total. The van der Waals surface area contributed by atoms with Gasteiger partial charge in [-0.3, -0.25) is 14.5 Å². The molecule has 0 aromatic carbocycles. The van der Waals surface area contributed by atoms with Gasteiger partial charge in [0.05, 0.1) is 38.1 Å². The molecule has 194 valence electrons. The van der Waals surface area contributed by atoms with Crippen LogP contribution in [0.4, 0.5) is 17.3 Å². The van der Waals surface area contributed by atoms with E-state index in [1.807, 2.05) is 5.32 Å². The van der Waals surface area contributed by atoms with Crippen molar-refractivity contribution in [3.8, 4) is 17.1 Å². The fourth-order valence-electron chi connectivity index (χ4n) is 3.78. The zero-order valence-corrected chi connectivity index (χ0v) is 20.0. The standard InChI is InChI=1S/C23H27N9O5/c1-24-23(34)18-15(11-16(29-30-18)27-22(33)13-3-4-13)26-21-19(35-2)14(5-6-25-21)20-28-17(37-31-20)12-32-7-9-36-10-8-32/h5-6,11,13H,3-4,7-10,12H2,1-2H3,(H,24,34)(H2,25,26,27,29,33)/i1D3. The number of aromatic nitrogens is 5. The van der Waals surface area contributed by atoms with Crippen LogP contribution in [-0.4, -0.2) is 82.4 Å². The van der Waals surface area contributed by atoms with Crippen molar-refractivity contribution in [1.29, 1.82) is 0 Å². The lowest BCUT2D eigenvalue weighted by atomic mass is 10.2. The molecule has 14 heteroatoms. The largest absolute Gasteiger partial charge is 0.492 e. The number of methoxy groups -OCH3 is 1. The molecule has 0 bridgehead atoms. The van der Waals surface area contributed by atoms with Crippen molar-refractivity contribution in [2.24, 2.45) is 5.92 Å². The van der Waals surface area contributed by atoms with Crippen molar-refractivity contribution < 1.29 is 27.7 Å². The van der Waals surface area contributed by atoms with E-state index in [1.165, 1.54) is 19.4 Å². The van der Waals surface area contributed by atoms with Crippen molar-refractivity contribution in [2.45, 2.75) is 19.4 Å².